The first kappa shape index (κ1) is 26.4. The molecule has 3 heterocycles. The number of carboxylic acid groups (broad SMARTS) is 1. The Morgan fingerprint density at radius 1 is 1.12 bits per heavy atom. The number of nitrogens with zero attached hydrogens (tertiary/aromatic N) is 3. The summed E-state index contributed by atoms with van der Waals surface area (Å²) < 4.78 is 21.5. The third-order valence-corrected chi connectivity index (χ3v) is 10.7. The van der Waals surface area contributed by atoms with Crippen LogP contribution in [0.2, 0.25) is 0 Å². The van der Waals surface area contributed by atoms with Gasteiger partial charge in [0.15, 0.2) is 5.13 Å². The van der Waals surface area contributed by atoms with Crippen molar-refractivity contribution in [2.45, 2.75) is 51.8 Å². The number of hydrogen-bond donors (Lipinski definition) is 1. The summed E-state index contributed by atoms with van der Waals surface area (Å²) in [6.07, 6.45) is 3.98. The van der Waals surface area contributed by atoms with Crippen molar-refractivity contribution >= 4 is 28.3 Å². The third kappa shape index (κ3) is 4.15. The van der Waals surface area contributed by atoms with Gasteiger partial charge in [-0.1, -0.05) is 17.7 Å². The number of aromatic nitrogens is 1. The van der Waals surface area contributed by atoms with E-state index < -0.39 is 17.6 Å². The van der Waals surface area contributed by atoms with E-state index in [-0.39, 0.29) is 17.2 Å². The van der Waals surface area contributed by atoms with Crippen molar-refractivity contribution in [3.63, 3.8) is 0 Å². The molecule has 4 unspecified atom stereocenters. The Labute approximate surface area is 243 Å². The molecule has 41 heavy (non-hydrogen) atoms. The predicted molar refractivity (Wildman–Crippen MR) is 155 cm³/mol. The summed E-state index contributed by atoms with van der Waals surface area (Å²) in [7, 11) is 0. The largest absolute Gasteiger partial charge is 0.488 e. The molecule has 7 nitrogen and oxygen atoms in total. The maximum Gasteiger partial charge on any atom is 0.342 e. The van der Waals surface area contributed by atoms with E-state index in [2.05, 4.69) is 11.0 Å². The standard InChI is InChI=1S/C32H34FN3O4S/c1-19-6-9-25(40-16-22-8-7-21(13-20(22)2)28(37)35-10-4-3-5-11-35)23(12-19)24-17-41-30(34-24)36-15-27-31(18-36)14-26(31)32(27,33)29(38)39/h6-9,12-13,17,26-27H,3-5,10-11,14-16,18H2,1-2H3,(H,38,39). The van der Waals surface area contributed by atoms with Gasteiger partial charge in [0.25, 0.3) is 5.91 Å². The van der Waals surface area contributed by atoms with Crippen LogP contribution in [0.25, 0.3) is 11.3 Å². The first-order chi connectivity index (χ1) is 19.7. The van der Waals surface area contributed by atoms with Gasteiger partial charge in [0.05, 0.1) is 5.69 Å². The van der Waals surface area contributed by atoms with Crippen molar-refractivity contribution in [1.29, 1.82) is 0 Å². The zero-order valence-electron chi connectivity index (χ0n) is 23.4. The number of hydrogen-bond acceptors (Lipinski definition) is 6. The van der Waals surface area contributed by atoms with Crippen LogP contribution >= 0.6 is 11.3 Å². The van der Waals surface area contributed by atoms with Crippen LogP contribution in [0.1, 0.15) is 52.7 Å². The number of carbonyl (C=O) groups is 2. The summed E-state index contributed by atoms with van der Waals surface area (Å²) in [5.41, 5.74) is 3.23. The van der Waals surface area contributed by atoms with Crippen LogP contribution in [0, 0.1) is 31.1 Å². The second-order valence-corrected chi connectivity index (χ2v) is 13.1. The molecule has 2 saturated heterocycles. The van der Waals surface area contributed by atoms with E-state index in [0.717, 1.165) is 70.3 Å². The molecule has 1 spiro atoms. The number of thiazole rings is 1. The lowest BCUT2D eigenvalue weighted by Crippen LogP contribution is -2.57. The fourth-order valence-electron chi connectivity index (χ4n) is 7.45. The van der Waals surface area contributed by atoms with Crippen molar-refractivity contribution in [2.24, 2.45) is 17.3 Å². The van der Waals surface area contributed by atoms with E-state index >= 15 is 4.39 Å². The van der Waals surface area contributed by atoms with Crippen molar-refractivity contribution in [3.05, 3.63) is 64.0 Å². The first-order valence-corrected chi connectivity index (χ1v) is 15.3. The van der Waals surface area contributed by atoms with E-state index in [9.17, 15) is 14.7 Å². The molecular weight excluding hydrogens is 541 g/mol. The minimum atomic E-state index is -2.09. The topological polar surface area (TPSA) is 83.0 Å². The molecule has 1 aromatic heterocycles. The van der Waals surface area contributed by atoms with Gasteiger partial charge in [-0.25, -0.2) is 14.2 Å². The number of ether oxygens (including phenoxy) is 1. The predicted octanol–water partition coefficient (Wildman–Crippen LogP) is 5.88. The molecule has 2 aliphatic heterocycles. The summed E-state index contributed by atoms with van der Waals surface area (Å²) in [6, 6.07) is 11.9. The molecule has 1 N–H and O–H groups in total. The molecular formula is C32H34FN3O4S. The van der Waals surface area contributed by atoms with Gasteiger partial charge in [-0.15, -0.1) is 11.3 Å². The molecule has 0 bridgehead atoms. The molecule has 0 radical (unpaired) electrons. The van der Waals surface area contributed by atoms with Gasteiger partial charge in [0.1, 0.15) is 12.4 Å². The number of rotatable bonds is 7. The Hall–Kier alpha value is -3.46. The van der Waals surface area contributed by atoms with Gasteiger partial charge in [-0.05, 0) is 74.9 Å². The highest BCUT2D eigenvalue weighted by Crippen LogP contribution is 2.79. The number of carboxylic acids is 1. The summed E-state index contributed by atoms with van der Waals surface area (Å²) in [4.78, 5) is 33.5. The molecule has 214 valence electrons. The monoisotopic (exact) mass is 575 g/mol. The number of aryl methyl sites for hydroxylation is 2. The Bertz CT molecular complexity index is 1550. The SMILES string of the molecule is Cc1ccc(OCc2ccc(C(=O)N3CCCCC3)cc2C)c(-c2csc(N3CC4C5(CC5C4(F)C(=O)O)C3)n2)c1. The van der Waals surface area contributed by atoms with Crippen LogP contribution in [-0.4, -0.2) is 58.7 Å². The van der Waals surface area contributed by atoms with Crippen LogP contribution in [-0.2, 0) is 11.4 Å². The van der Waals surface area contributed by atoms with Crippen molar-refractivity contribution in [3.8, 4) is 17.0 Å². The third-order valence-electron chi connectivity index (χ3n) is 9.83. The van der Waals surface area contributed by atoms with Crippen LogP contribution in [0.15, 0.2) is 41.8 Å². The lowest BCUT2D eigenvalue weighted by Gasteiger charge is -2.41. The molecule has 2 aliphatic carbocycles. The summed E-state index contributed by atoms with van der Waals surface area (Å²) in [5.74, 6) is -1.33. The minimum absolute atomic E-state index is 0.100. The Morgan fingerprint density at radius 3 is 2.68 bits per heavy atom. The maximum absolute atomic E-state index is 15.2. The summed E-state index contributed by atoms with van der Waals surface area (Å²) >= 11 is 1.50. The number of anilines is 1. The number of amides is 1. The van der Waals surface area contributed by atoms with Gasteiger partial charge >= 0.3 is 5.97 Å². The van der Waals surface area contributed by atoms with E-state index in [0.29, 0.717) is 26.1 Å². The zero-order chi connectivity index (χ0) is 28.5. The lowest BCUT2D eigenvalue weighted by atomic mass is 9.64. The van der Waals surface area contributed by atoms with Crippen molar-refractivity contribution in [2.75, 3.05) is 31.1 Å². The molecule has 7 rings (SSSR count). The van der Waals surface area contributed by atoms with Gasteiger partial charge in [0, 0.05) is 59.9 Å². The van der Waals surface area contributed by atoms with Crippen molar-refractivity contribution in [1.82, 2.24) is 9.88 Å². The summed E-state index contributed by atoms with van der Waals surface area (Å²) in [6.45, 7) is 7.12. The van der Waals surface area contributed by atoms with E-state index in [1.807, 2.05) is 54.5 Å². The average molecular weight is 576 g/mol. The molecule has 9 heteroatoms. The lowest BCUT2D eigenvalue weighted by molar-refractivity contribution is -0.169. The fraction of sp³-hybridized carbons (Fsp3) is 0.469. The normalized spacial score (nSPS) is 28.1. The minimum Gasteiger partial charge on any atom is -0.488 e. The van der Waals surface area contributed by atoms with Crippen molar-refractivity contribution < 1.29 is 23.8 Å². The smallest absolute Gasteiger partial charge is 0.342 e. The molecule has 2 saturated carbocycles. The number of likely N-dealkylation sites (tertiary alicyclic amines) is 1. The first-order valence-electron chi connectivity index (χ1n) is 14.5. The number of benzene rings is 2. The van der Waals surface area contributed by atoms with E-state index in [1.54, 1.807) is 0 Å². The Morgan fingerprint density at radius 2 is 1.93 bits per heavy atom. The van der Waals surface area contributed by atoms with Crippen LogP contribution in [0.4, 0.5) is 9.52 Å². The van der Waals surface area contributed by atoms with Gasteiger partial charge in [-0.2, -0.15) is 0 Å². The molecule has 3 aromatic rings. The highest BCUT2D eigenvalue weighted by atomic mass is 32.1. The number of piperidine rings is 1. The van der Waals surface area contributed by atoms with Crippen LogP contribution in [0.3, 0.4) is 0 Å². The van der Waals surface area contributed by atoms with Gasteiger partial charge in [0.2, 0.25) is 5.67 Å². The molecule has 4 fully saturated rings. The summed E-state index contributed by atoms with van der Waals surface area (Å²) in [5, 5.41) is 12.3. The van der Waals surface area contributed by atoms with E-state index in [4.69, 9.17) is 9.72 Å². The quantitative estimate of drug-likeness (QED) is 0.379. The Kier molecular flexibility index (Phi) is 6.15. The highest BCUT2D eigenvalue weighted by molar-refractivity contribution is 7.14. The van der Waals surface area contributed by atoms with Gasteiger partial charge < -0.3 is 19.6 Å². The van der Waals surface area contributed by atoms with Gasteiger partial charge in [-0.3, -0.25) is 4.79 Å². The number of alkyl halides is 1. The number of carbonyl (C=O) groups excluding carboxylic acids is 1. The zero-order valence-corrected chi connectivity index (χ0v) is 24.2. The number of aliphatic carboxylic acids is 1. The second-order valence-electron chi connectivity index (χ2n) is 12.3. The molecule has 4 aliphatic rings. The van der Waals surface area contributed by atoms with Crippen LogP contribution in [0.5, 0.6) is 5.75 Å². The fourth-order valence-corrected chi connectivity index (χ4v) is 8.29. The molecule has 4 atom stereocenters. The average Bonchev–Trinajstić information content (AvgIpc) is 3.24. The molecule has 2 aromatic carbocycles. The number of halogens is 1. The van der Waals surface area contributed by atoms with Crippen LogP contribution < -0.4 is 9.64 Å². The molecule has 1 amide bonds. The second kappa shape index (κ2) is 9.54. The Balaban J connectivity index is 1.06. The maximum atomic E-state index is 15.2. The highest BCUT2D eigenvalue weighted by Gasteiger charge is 2.87. The van der Waals surface area contributed by atoms with E-state index in [1.165, 1.54) is 17.8 Å².